The molecule has 130 valence electrons. The van der Waals surface area contributed by atoms with Gasteiger partial charge in [-0.25, -0.2) is 9.67 Å². The van der Waals surface area contributed by atoms with E-state index < -0.39 is 0 Å². The summed E-state index contributed by atoms with van der Waals surface area (Å²) in [6.45, 7) is 0.697. The van der Waals surface area contributed by atoms with Gasteiger partial charge in [-0.15, -0.1) is 0 Å². The van der Waals surface area contributed by atoms with Crippen molar-refractivity contribution in [2.75, 3.05) is 13.7 Å². The van der Waals surface area contributed by atoms with E-state index >= 15 is 0 Å². The Morgan fingerprint density at radius 3 is 2.96 bits per heavy atom. The van der Waals surface area contributed by atoms with Crippen molar-refractivity contribution in [3.05, 3.63) is 48.4 Å². The fourth-order valence-corrected chi connectivity index (χ4v) is 3.38. The zero-order chi connectivity index (χ0) is 17.7. The Hall–Kier alpha value is -3.35. The predicted molar refractivity (Wildman–Crippen MR) is 96.8 cm³/mol. The first-order chi connectivity index (χ1) is 12.7. The van der Waals surface area contributed by atoms with Crippen LogP contribution in [0.2, 0.25) is 0 Å². The number of aromatic nitrogens is 5. The van der Waals surface area contributed by atoms with Crippen LogP contribution in [0.25, 0.3) is 28.0 Å². The molecule has 0 bridgehead atoms. The summed E-state index contributed by atoms with van der Waals surface area (Å²) < 4.78 is 14.9. The van der Waals surface area contributed by atoms with Crippen LogP contribution in [0.3, 0.4) is 0 Å². The second kappa shape index (κ2) is 5.59. The number of ether oxygens (including phenoxy) is 2. The Bertz CT molecular complexity index is 1130. The second-order valence-corrected chi connectivity index (χ2v) is 6.27. The van der Waals surface area contributed by atoms with Crippen molar-refractivity contribution >= 4 is 11.0 Å². The number of fused-ring (bicyclic) bond motifs is 2. The zero-order valence-corrected chi connectivity index (χ0v) is 14.5. The highest BCUT2D eigenvalue weighted by Crippen LogP contribution is 2.36. The number of aryl methyl sites for hydroxylation is 1. The van der Waals surface area contributed by atoms with Gasteiger partial charge in [-0.3, -0.25) is 4.68 Å². The minimum absolute atomic E-state index is 0.685. The summed E-state index contributed by atoms with van der Waals surface area (Å²) in [5.74, 6) is 1.57. The summed E-state index contributed by atoms with van der Waals surface area (Å²) in [4.78, 5) is 4.59. The molecule has 0 fully saturated rings. The first-order valence-corrected chi connectivity index (χ1v) is 8.41. The van der Waals surface area contributed by atoms with Crippen molar-refractivity contribution in [3.63, 3.8) is 0 Å². The maximum Gasteiger partial charge on any atom is 0.148 e. The molecule has 26 heavy (non-hydrogen) atoms. The van der Waals surface area contributed by atoms with Crippen molar-refractivity contribution in [2.45, 2.75) is 6.42 Å². The van der Waals surface area contributed by atoms with E-state index in [-0.39, 0.29) is 0 Å². The maximum atomic E-state index is 5.88. The van der Waals surface area contributed by atoms with E-state index in [1.807, 2.05) is 36.1 Å². The molecular formula is C19H17N5O2. The molecule has 0 unspecified atom stereocenters. The fourth-order valence-electron chi connectivity index (χ4n) is 3.38. The molecule has 0 aliphatic carbocycles. The van der Waals surface area contributed by atoms with E-state index in [1.165, 1.54) is 5.56 Å². The number of hydrogen-bond acceptors (Lipinski definition) is 5. The van der Waals surface area contributed by atoms with E-state index in [0.29, 0.717) is 12.4 Å². The molecule has 7 heteroatoms. The highest BCUT2D eigenvalue weighted by molar-refractivity contribution is 5.91. The first-order valence-electron chi connectivity index (χ1n) is 8.41. The maximum absolute atomic E-state index is 5.88. The molecule has 7 nitrogen and oxygen atoms in total. The summed E-state index contributed by atoms with van der Waals surface area (Å²) in [6, 6.07) is 8.10. The fraction of sp³-hybridized carbons (Fsp3) is 0.211. The highest BCUT2D eigenvalue weighted by atomic mass is 16.5. The van der Waals surface area contributed by atoms with Gasteiger partial charge in [0.25, 0.3) is 0 Å². The molecule has 4 aromatic rings. The van der Waals surface area contributed by atoms with Crippen LogP contribution in [0.1, 0.15) is 5.56 Å². The van der Waals surface area contributed by atoms with Crippen LogP contribution >= 0.6 is 0 Å². The number of benzene rings is 1. The summed E-state index contributed by atoms with van der Waals surface area (Å²) >= 11 is 0. The van der Waals surface area contributed by atoms with Gasteiger partial charge in [0.05, 0.1) is 31.6 Å². The van der Waals surface area contributed by atoms with Crippen LogP contribution in [0.4, 0.5) is 0 Å². The minimum atomic E-state index is 0.685. The van der Waals surface area contributed by atoms with Crippen LogP contribution in [-0.2, 0) is 13.5 Å². The molecule has 0 saturated heterocycles. The van der Waals surface area contributed by atoms with E-state index in [1.54, 1.807) is 24.2 Å². The Balaban J connectivity index is 1.81. The van der Waals surface area contributed by atoms with Gasteiger partial charge >= 0.3 is 0 Å². The van der Waals surface area contributed by atoms with Crippen LogP contribution < -0.4 is 9.47 Å². The molecule has 4 heterocycles. The molecule has 0 spiro atoms. The van der Waals surface area contributed by atoms with Crippen molar-refractivity contribution in [2.24, 2.45) is 7.05 Å². The molecule has 1 aliphatic heterocycles. The summed E-state index contributed by atoms with van der Waals surface area (Å²) in [5.41, 5.74) is 5.48. The first kappa shape index (κ1) is 14.9. The third-order valence-electron chi connectivity index (χ3n) is 4.63. The monoisotopic (exact) mass is 347 g/mol. The van der Waals surface area contributed by atoms with Gasteiger partial charge in [-0.2, -0.15) is 10.2 Å². The van der Waals surface area contributed by atoms with Gasteiger partial charge in [0.1, 0.15) is 28.4 Å². The normalized spacial score (nSPS) is 13.0. The average Bonchev–Trinajstić information content (AvgIpc) is 3.38. The molecular weight excluding hydrogens is 330 g/mol. The SMILES string of the molecule is COc1cnc2c(-c3cnn(C)c3)nn(-c3cccc4c3OCC4)c2c1. The van der Waals surface area contributed by atoms with E-state index in [9.17, 15) is 0 Å². The van der Waals surface area contributed by atoms with Gasteiger partial charge in [0.2, 0.25) is 0 Å². The van der Waals surface area contributed by atoms with Gasteiger partial charge < -0.3 is 9.47 Å². The summed E-state index contributed by atoms with van der Waals surface area (Å²) in [5, 5.41) is 9.12. The van der Waals surface area contributed by atoms with Crippen molar-refractivity contribution < 1.29 is 9.47 Å². The molecule has 1 aliphatic rings. The highest BCUT2D eigenvalue weighted by Gasteiger charge is 2.22. The predicted octanol–water partition coefficient (Wildman–Crippen LogP) is 2.76. The van der Waals surface area contributed by atoms with Crippen LogP contribution in [0, 0.1) is 0 Å². The third kappa shape index (κ3) is 2.17. The average molecular weight is 347 g/mol. The van der Waals surface area contributed by atoms with Crippen LogP contribution in [-0.4, -0.2) is 38.3 Å². The molecule has 0 amide bonds. The lowest BCUT2D eigenvalue weighted by Gasteiger charge is -2.09. The Labute approximate surface area is 149 Å². The van der Waals surface area contributed by atoms with E-state index in [2.05, 4.69) is 16.1 Å². The quantitative estimate of drug-likeness (QED) is 0.570. The molecule has 3 aromatic heterocycles. The lowest BCUT2D eigenvalue weighted by Crippen LogP contribution is -2.00. The second-order valence-electron chi connectivity index (χ2n) is 6.27. The molecule has 0 atom stereocenters. The third-order valence-corrected chi connectivity index (χ3v) is 4.63. The minimum Gasteiger partial charge on any atom is -0.495 e. The number of nitrogens with zero attached hydrogens (tertiary/aromatic N) is 5. The van der Waals surface area contributed by atoms with E-state index in [0.717, 1.165) is 40.1 Å². The van der Waals surface area contributed by atoms with Crippen LogP contribution in [0.15, 0.2) is 42.9 Å². The van der Waals surface area contributed by atoms with Gasteiger partial charge in [0, 0.05) is 31.3 Å². The number of rotatable bonds is 3. The number of para-hydroxylation sites is 1. The standard InChI is InChI=1S/C19H17N5O2/c1-23-11-13(9-21-23)17-18-16(8-14(25-2)10-20-18)24(22-17)15-5-3-4-12-6-7-26-19(12)15/h3-5,8-11H,6-7H2,1-2H3. The van der Waals surface area contributed by atoms with Crippen molar-refractivity contribution in [1.29, 1.82) is 0 Å². The Morgan fingerprint density at radius 1 is 1.23 bits per heavy atom. The molecule has 0 N–H and O–H groups in total. The molecule has 1 aromatic carbocycles. The Morgan fingerprint density at radius 2 is 2.15 bits per heavy atom. The summed E-state index contributed by atoms with van der Waals surface area (Å²) in [6.07, 6.45) is 6.35. The molecule has 0 saturated carbocycles. The van der Waals surface area contributed by atoms with Crippen molar-refractivity contribution in [1.82, 2.24) is 24.5 Å². The topological polar surface area (TPSA) is 67.0 Å². The van der Waals surface area contributed by atoms with Gasteiger partial charge in [-0.05, 0) is 11.6 Å². The lowest BCUT2D eigenvalue weighted by atomic mass is 10.1. The number of methoxy groups -OCH3 is 1. The zero-order valence-electron chi connectivity index (χ0n) is 14.5. The molecule has 5 rings (SSSR count). The van der Waals surface area contributed by atoms with Crippen molar-refractivity contribution in [3.8, 4) is 28.4 Å². The lowest BCUT2D eigenvalue weighted by molar-refractivity contribution is 0.355. The van der Waals surface area contributed by atoms with Crippen LogP contribution in [0.5, 0.6) is 11.5 Å². The Kier molecular flexibility index (Phi) is 3.21. The largest absolute Gasteiger partial charge is 0.495 e. The smallest absolute Gasteiger partial charge is 0.148 e. The molecule has 0 radical (unpaired) electrons. The number of pyridine rings is 1. The number of hydrogen-bond donors (Lipinski definition) is 0. The van der Waals surface area contributed by atoms with E-state index in [4.69, 9.17) is 14.6 Å². The van der Waals surface area contributed by atoms with Gasteiger partial charge in [-0.1, -0.05) is 12.1 Å². The summed E-state index contributed by atoms with van der Waals surface area (Å²) in [7, 11) is 3.52. The van der Waals surface area contributed by atoms with Gasteiger partial charge in [0.15, 0.2) is 0 Å².